The Morgan fingerprint density at radius 3 is 2.50 bits per heavy atom. The van der Waals surface area contributed by atoms with E-state index in [1.165, 1.54) is 0 Å². The van der Waals surface area contributed by atoms with Gasteiger partial charge >= 0.3 is 0 Å². The van der Waals surface area contributed by atoms with Gasteiger partial charge in [-0.1, -0.05) is 13.8 Å². The second-order valence-corrected chi connectivity index (χ2v) is 2.48. The molecule has 0 radical (unpaired) electrons. The first kappa shape index (κ1) is 9.98. The lowest BCUT2D eigenvalue weighted by atomic mass is 10.2. The van der Waals surface area contributed by atoms with Gasteiger partial charge in [-0.15, -0.1) is 0 Å². The Morgan fingerprint density at radius 2 is 2.20 bits per heavy atom. The molecule has 0 saturated carbocycles. The monoisotopic (exact) mass is 161 g/mol. The molecule has 10 heavy (non-hydrogen) atoms. The number of Topliss-reactive ketones (excluding diaryl/α,β-unsaturated/α-hetero) is 1. The van der Waals surface area contributed by atoms with E-state index < -0.39 is 0 Å². The van der Waals surface area contributed by atoms with Gasteiger partial charge in [0, 0.05) is 12.2 Å². The van der Waals surface area contributed by atoms with Crippen molar-refractivity contribution in [3.63, 3.8) is 0 Å². The summed E-state index contributed by atoms with van der Waals surface area (Å²) < 4.78 is 0. The molecule has 0 aliphatic carbocycles. The van der Waals surface area contributed by atoms with Crippen LogP contribution in [0.3, 0.4) is 0 Å². The number of rotatable bonds is 5. The van der Waals surface area contributed by atoms with E-state index in [0.717, 1.165) is 6.54 Å². The van der Waals surface area contributed by atoms with Crippen LogP contribution in [0.25, 0.3) is 0 Å². The quantitative estimate of drug-likeness (QED) is 0.586. The average molecular weight is 161 g/mol. The van der Waals surface area contributed by atoms with Crippen LogP contribution in [0.2, 0.25) is 0 Å². The van der Waals surface area contributed by atoms with Crippen LogP contribution in [0.5, 0.6) is 0 Å². The minimum atomic E-state index is -0.0432. The number of carbonyl (C=O) groups excluding carboxylic acids is 1. The van der Waals surface area contributed by atoms with Crippen molar-refractivity contribution in [2.24, 2.45) is 0 Å². The number of likely N-dealkylation sites (N-methyl/N-ethyl adjacent to an activating group) is 1. The molecule has 0 fully saturated rings. The molecule has 0 heterocycles. The van der Waals surface area contributed by atoms with E-state index in [1.54, 1.807) is 0 Å². The summed E-state index contributed by atoms with van der Waals surface area (Å²) in [6.07, 6.45) is 0.595. The molecule has 60 valence electrons. The third-order valence-corrected chi connectivity index (χ3v) is 1.74. The smallest absolute Gasteiger partial charge is 0.150 e. The lowest BCUT2D eigenvalue weighted by Crippen LogP contribution is -2.37. The second kappa shape index (κ2) is 5.74. The molecule has 0 rings (SSSR count). The minimum Gasteiger partial charge on any atom is -0.307 e. The van der Waals surface area contributed by atoms with E-state index in [0.29, 0.717) is 12.2 Å². The lowest BCUT2D eigenvalue weighted by molar-refractivity contribution is -0.120. The number of nitrogens with one attached hydrogen (secondary N) is 1. The van der Waals surface area contributed by atoms with E-state index in [2.05, 4.69) is 17.9 Å². The molecule has 0 aromatic carbocycles. The summed E-state index contributed by atoms with van der Waals surface area (Å²) in [7, 11) is 0. The molecule has 0 spiro atoms. The van der Waals surface area contributed by atoms with Gasteiger partial charge in [-0.3, -0.25) is 4.79 Å². The van der Waals surface area contributed by atoms with E-state index in [1.807, 2.05) is 13.8 Å². The zero-order valence-corrected chi connectivity index (χ0v) is 7.45. The van der Waals surface area contributed by atoms with Crippen molar-refractivity contribution in [1.29, 1.82) is 0 Å². The SMILES string of the molecule is CCNC(CS)C(=O)CC. The fourth-order valence-corrected chi connectivity index (χ4v) is 1.11. The molecule has 2 nitrogen and oxygen atoms in total. The third-order valence-electron chi connectivity index (χ3n) is 1.37. The summed E-state index contributed by atoms with van der Waals surface area (Å²) in [5.74, 6) is 0.845. The van der Waals surface area contributed by atoms with Crippen molar-refractivity contribution >= 4 is 18.4 Å². The van der Waals surface area contributed by atoms with Crippen LogP contribution in [0, 0.1) is 0 Å². The molecule has 0 aromatic rings. The molecule has 1 atom stereocenters. The van der Waals surface area contributed by atoms with Crippen molar-refractivity contribution in [2.45, 2.75) is 26.3 Å². The van der Waals surface area contributed by atoms with Gasteiger partial charge in [0.2, 0.25) is 0 Å². The van der Waals surface area contributed by atoms with Crippen LogP contribution in [0.4, 0.5) is 0 Å². The average Bonchev–Trinajstić information content (AvgIpc) is 1.99. The topological polar surface area (TPSA) is 29.1 Å². The fraction of sp³-hybridized carbons (Fsp3) is 0.857. The van der Waals surface area contributed by atoms with Gasteiger partial charge in [0.15, 0.2) is 0 Å². The van der Waals surface area contributed by atoms with E-state index in [-0.39, 0.29) is 11.8 Å². The summed E-state index contributed by atoms with van der Waals surface area (Å²) in [5.41, 5.74) is 0. The molecule has 0 saturated heterocycles. The van der Waals surface area contributed by atoms with E-state index in [9.17, 15) is 4.79 Å². The van der Waals surface area contributed by atoms with Crippen molar-refractivity contribution < 1.29 is 4.79 Å². The Morgan fingerprint density at radius 1 is 1.60 bits per heavy atom. The Kier molecular flexibility index (Phi) is 5.73. The van der Waals surface area contributed by atoms with Crippen LogP contribution in [0.15, 0.2) is 0 Å². The zero-order chi connectivity index (χ0) is 7.98. The molecule has 0 aliphatic heterocycles. The molecule has 1 unspecified atom stereocenters. The normalized spacial score (nSPS) is 13.1. The maximum Gasteiger partial charge on any atom is 0.150 e. The molecule has 0 bridgehead atoms. The van der Waals surface area contributed by atoms with Gasteiger partial charge in [-0.05, 0) is 6.54 Å². The largest absolute Gasteiger partial charge is 0.307 e. The number of hydrogen-bond acceptors (Lipinski definition) is 3. The summed E-state index contributed by atoms with van der Waals surface area (Å²) in [5, 5.41) is 3.06. The summed E-state index contributed by atoms with van der Waals surface area (Å²) in [6.45, 7) is 4.69. The number of carbonyl (C=O) groups is 1. The maximum atomic E-state index is 11.0. The van der Waals surface area contributed by atoms with Gasteiger partial charge < -0.3 is 5.32 Å². The highest BCUT2D eigenvalue weighted by Crippen LogP contribution is 1.93. The predicted molar refractivity (Wildman–Crippen MR) is 46.6 cm³/mol. The molecule has 0 amide bonds. The van der Waals surface area contributed by atoms with Gasteiger partial charge in [-0.25, -0.2) is 0 Å². The number of thiol groups is 1. The van der Waals surface area contributed by atoms with Crippen LogP contribution in [-0.2, 0) is 4.79 Å². The molecular weight excluding hydrogens is 146 g/mol. The van der Waals surface area contributed by atoms with Crippen molar-refractivity contribution in [3.8, 4) is 0 Å². The van der Waals surface area contributed by atoms with Crippen LogP contribution in [0.1, 0.15) is 20.3 Å². The van der Waals surface area contributed by atoms with Crippen LogP contribution >= 0.6 is 12.6 Å². The third kappa shape index (κ3) is 3.22. The number of ketones is 1. The van der Waals surface area contributed by atoms with Crippen molar-refractivity contribution in [1.82, 2.24) is 5.32 Å². The van der Waals surface area contributed by atoms with Crippen molar-refractivity contribution in [2.75, 3.05) is 12.3 Å². The van der Waals surface area contributed by atoms with Crippen molar-refractivity contribution in [3.05, 3.63) is 0 Å². The van der Waals surface area contributed by atoms with Gasteiger partial charge in [-0.2, -0.15) is 12.6 Å². The maximum absolute atomic E-state index is 11.0. The molecule has 0 aromatic heterocycles. The Balaban J connectivity index is 3.68. The Hall–Kier alpha value is -0.0200. The molecule has 0 aliphatic rings. The lowest BCUT2D eigenvalue weighted by Gasteiger charge is -2.11. The highest BCUT2D eigenvalue weighted by Gasteiger charge is 2.11. The molecule has 3 heteroatoms. The summed E-state index contributed by atoms with van der Waals surface area (Å²) in [6, 6.07) is -0.0432. The second-order valence-electron chi connectivity index (χ2n) is 2.11. The number of hydrogen-bond donors (Lipinski definition) is 2. The predicted octanol–water partition coefficient (Wildman–Crippen LogP) is 0.873. The first-order valence-electron chi connectivity index (χ1n) is 3.63. The van der Waals surface area contributed by atoms with Crippen LogP contribution in [-0.4, -0.2) is 24.1 Å². The minimum absolute atomic E-state index is 0.0432. The van der Waals surface area contributed by atoms with Crippen LogP contribution < -0.4 is 5.32 Å². The van der Waals surface area contributed by atoms with Gasteiger partial charge in [0.25, 0.3) is 0 Å². The van der Waals surface area contributed by atoms with Gasteiger partial charge in [0.1, 0.15) is 5.78 Å². The zero-order valence-electron chi connectivity index (χ0n) is 6.55. The Labute approximate surface area is 67.8 Å². The first-order valence-corrected chi connectivity index (χ1v) is 4.26. The standard InChI is InChI=1S/C7H15NOS/c1-3-7(9)6(5-10)8-4-2/h6,8,10H,3-5H2,1-2H3. The fourth-order valence-electron chi connectivity index (χ4n) is 0.773. The molecular formula is C7H15NOS. The highest BCUT2D eigenvalue weighted by molar-refractivity contribution is 7.80. The summed E-state index contributed by atoms with van der Waals surface area (Å²) >= 11 is 4.06. The highest BCUT2D eigenvalue weighted by atomic mass is 32.1. The summed E-state index contributed by atoms with van der Waals surface area (Å²) in [4.78, 5) is 11.0. The van der Waals surface area contributed by atoms with Gasteiger partial charge in [0.05, 0.1) is 6.04 Å². The molecule has 1 N–H and O–H groups in total. The van der Waals surface area contributed by atoms with E-state index >= 15 is 0 Å². The first-order chi connectivity index (χ1) is 4.76. The Bertz CT molecular complexity index is 106. The van der Waals surface area contributed by atoms with E-state index in [4.69, 9.17) is 0 Å².